The molecule has 1 atom stereocenters. The lowest BCUT2D eigenvalue weighted by atomic mass is 10.0. The number of anilines is 1. The van der Waals surface area contributed by atoms with Crippen LogP contribution in [0.2, 0.25) is 10.0 Å². The number of benzene rings is 2. The van der Waals surface area contributed by atoms with E-state index in [-0.39, 0.29) is 17.6 Å². The molecule has 2 saturated carbocycles. The van der Waals surface area contributed by atoms with Gasteiger partial charge in [0.25, 0.3) is 5.91 Å². The lowest BCUT2D eigenvalue weighted by Crippen LogP contribution is -2.41. The van der Waals surface area contributed by atoms with Gasteiger partial charge in [-0.2, -0.15) is 0 Å². The minimum Gasteiger partial charge on any atom is -0.488 e. The van der Waals surface area contributed by atoms with Crippen molar-refractivity contribution >= 4 is 44.8 Å². The van der Waals surface area contributed by atoms with Crippen LogP contribution >= 0.6 is 23.2 Å². The van der Waals surface area contributed by atoms with Gasteiger partial charge in [0.2, 0.25) is 10.0 Å². The summed E-state index contributed by atoms with van der Waals surface area (Å²) in [6.45, 7) is 1.42. The summed E-state index contributed by atoms with van der Waals surface area (Å²) in [4.78, 5) is 14.7. The fraction of sp³-hybridized carbons (Fsp3) is 0.458. The highest BCUT2D eigenvalue weighted by atomic mass is 35.5. The van der Waals surface area contributed by atoms with Crippen molar-refractivity contribution in [3.05, 3.63) is 57.3 Å². The molecule has 10 heteroatoms. The Morgan fingerprint density at radius 3 is 2.38 bits per heavy atom. The van der Waals surface area contributed by atoms with E-state index >= 15 is 0 Å². The maximum Gasteiger partial charge on any atom is 0.267 e. The Bertz CT molecular complexity index is 1210. The van der Waals surface area contributed by atoms with Crippen LogP contribution in [-0.2, 0) is 10.0 Å². The highest BCUT2D eigenvalue weighted by Gasteiger charge is 2.38. The average Bonchev–Trinajstić information content (AvgIpc) is 3.66. The number of ether oxygens (including phenoxy) is 1. The number of halogens is 3. The van der Waals surface area contributed by atoms with Gasteiger partial charge < -0.3 is 9.64 Å². The van der Waals surface area contributed by atoms with E-state index in [0.717, 1.165) is 43.5 Å². The second-order valence-corrected chi connectivity index (χ2v) is 12.1. The number of piperidine rings is 1. The quantitative estimate of drug-likeness (QED) is 0.531. The molecular weight excluding hydrogens is 502 g/mol. The molecule has 0 radical (unpaired) electrons. The summed E-state index contributed by atoms with van der Waals surface area (Å²) < 4.78 is 47.5. The van der Waals surface area contributed by atoms with Crippen LogP contribution in [0, 0.1) is 5.82 Å². The molecule has 0 bridgehead atoms. The van der Waals surface area contributed by atoms with Gasteiger partial charge in [0.15, 0.2) is 0 Å². The molecule has 1 saturated heterocycles. The number of hydrogen-bond donors (Lipinski definition) is 1. The molecule has 1 unspecified atom stereocenters. The number of carbonyl (C=O) groups excluding carboxylic acids is 1. The van der Waals surface area contributed by atoms with Crippen LogP contribution in [0.5, 0.6) is 5.75 Å². The van der Waals surface area contributed by atoms with Crippen molar-refractivity contribution in [1.82, 2.24) is 4.72 Å². The van der Waals surface area contributed by atoms with Gasteiger partial charge in [-0.1, -0.05) is 23.2 Å². The van der Waals surface area contributed by atoms with Crippen molar-refractivity contribution in [3.8, 4) is 5.75 Å². The molecule has 6 nitrogen and oxygen atoms in total. The van der Waals surface area contributed by atoms with E-state index in [4.69, 9.17) is 27.9 Å². The first-order valence-electron chi connectivity index (χ1n) is 11.5. The summed E-state index contributed by atoms with van der Waals surface area (Å²) in [7, 11) is -3.76. The smallest absolute Gasteiger partial charge is 0.267 e. The topological polar surface area (TPSA) is 75.7 Å². The first kappa shape index (κ1) is 23.7. The monoisotopic (exact) mass is 526 g/mol. The SMILES string of the molecule is O=C(NS(=O)(=O)C1CC1)c1cc(C2CC2)c(OC2CCCN(c3cc(Cl)cc(Cl)c3)C2)cc1F. The Morgan fingerprint density at radius 2 is 1.74 bits per heavy atom. The minimum absolute atomic E-state index is 0.175. The molecule has 2 aliphatic carbocycles. The van der Waals surface area contributed by atoms with Crippen molar-refractivity contribution in [2.75, 3.05) is 18.0 Å². The van der Waals surface area contributed by atoms with Gasteiger partial charge in [-0.15, -0.1) is 0 Å². The fourth-order valence-electron chi connectivity index (χ4n) is 4.38. The Balaban J connectivity index is 1.35. The lowest BCUT2D eigenvalue weighted by Gasteiger charge is -2.35. The van der Waals surface area contributed by atoms with Crippen molar-refractivity contribution in [3.63, 3.8) is 0 Å². The molecule has 0 spiro atoms. The molecule has 1 amide bonds. The number of carbonyl (C=O) groups is 1. The van der Waals surface area contributed by atoms with Crippen LogP contribution in [0.4, 0.5) is 10.1 Å². The van der Waals surface area contributed by atoms with E-state index in [1.165, 1.54) is 12.1 Å². The van der Waals surface area contributed by atoms with Gasteiger partial charge in [0.05, 0.1) is 17.4 Å². The molecule has 34 heavy (non-hydrogen) atoms. The molecule has 0 aromatic heterocycles. The number of hydrogen-bond acceptors (Lipinski definition) is 5. The first-order valence-corrected chi connectivity index (χ1v) is 13.8. The van der Waals surface area contributed by atoms with Gasteiger partial charge >= 0.3 is 0 Å². The van der Waals surface area contributed by atoms with Crippen LogP contribution < -0.4 is 14.4 Å². The van der Waals surface area contributed by atoms with Crippen molar-refractivity contribution < 1.29 is 22.3 Å². The van der Waals surface area contributed by atoms with E-state index in [9.17, 15) is 17.6 Å². The standard InChI is InChI=1S/C24H25Cl2FN2O4S/c25-15-8-16(26)10-17(9-15)29-7-1-2-18(13-29)33-23-12-22(27)21(11-20(23)14-3-4-14)24(30)28-34(31,32)19-5-6-19/h8-12,14,18-19H,1-7,13H2,(H,28,30). The summed E-state index contributed by atoms with van der Waals surface area (Å²) in [5.74, 6) is -1.14. The van der Waals surface area contributed by atoms with Crippen molar-refractivity contribution in [2.24, 2.45) is 0 Å². The number of amides is 1. The predicted octanol–water partition coefficient (Wildman–Crippen LogP) is 5.28. The number of nitrogens with zero attached hydrogens (tertiary/aromatic N) is 1. The molecule has 2 aromatic rings. The van der Waals surface area contributed by atoms with E-state index in [0.29, 0.717) is 35.2 Å². The van der Waals surface area contributed by atoms with Crippen LogP contribution in [0.25, 0.3) is 0 Å². The zero-order valence-electron chi connectivity index (χ0n) is 18.4. The van der Waals surface area contributed by atoms with Gasteiger partial charge in [-0.05, 0) is 74.3 Å². The van der Waals surface area contributed by atoms with E-state index in [2.05, 4.69) is 4.90 Å². The second kappa shape index (κ2) is 9.21. The third-order valence-corrected chi connectivity index (χ3v) is 8.70. The van der Waals surface area contributed by atoms with Crippen LogP contribution in [-0.4, -0.2) is 38.8 Å². The summed E-state index contributed by atoms with van der Waals surface area (Å²) in [5.41, 5.74) is 1.39. The highest BCUT2D eigenvalue weighted by Crippen LogP contribution is 2.45. The highest BCUT2D eigenvalue weighted by molar-refractivity contribution is 7.91. The Kier molecular flexibility index (Phi) is 6.42. The lowest BCUT2D eigenvalue weighted by molar-refractivity contribution is 0.0977. The molecule has 1 N–H and O–H groups in total. The molecule has 1 aliphatic heterocycles. The third-order valence-electron chi connectivity index (χ3n) is 6.44. The third kappa shape index (κ3) is 5.29. The Labute approximate surface area is 208 Å². The summed E-state index contributed by atoms with van der Waals surface area (Å²) in [6, 6.07) is 8.07. The Morgan fingerprint density at radius 1 is 1.03 bits per heavy atom. The number of sulfonamides is 1. The van der Waals surface area contributed by atoms with Crippen molar-refractivity contribution in [1.29, 1.82) is 0 Å². The van der Waals surface area contributed by atoms with E-state index in [1.807, 2.05) is 16.9 Å². The molecule has 3 aliphatic rings. The maximum atomic E-state index is 15.0. The first-order chi connectivity index (χ1) is 16.2. The molecular formula is C24H25Cl2FN2O4S. The largest absolute Gasteiger partial charge is 0.488 e. The second-order valence-electron chi connectivity index (χ2n) is 9.28. The van der Waals surface area contributed by atoms with E-state index in [1.54, 1.807) is 6.07 Å². The molecule has 5 rings (SSSR count). The van der Waals surface area contributed by atoms with Crippen molar-refractivity contribution in [2.45, 2.75) is 55.8 Å². The Hall–Kier alpha value is -2.03. The molecule has 1 heterocycles. The average molecular weight is 527 g/mol. The molecule has 3 fully saturated rings. The summed E-state index contributed by atoms with van der Waals surface area (Å²) in [6.07, 6.45) is 4.38. The summed E-state index contributed by atoms with van der Waals surface area (Å²) in [5, 5.41) is 0.552. The predicted molar refractivity (Wildman–Crippen MR) is 130 cm³/mol. The van der Waals surface area contributed by atoms with Gasteiger partial charge in [-0.3, -0.25) is 4.79 Å². The fourth-order valence-corrected chi connectivity index (χ4v) is 6.18. The maximum absolute atomic E-state index is 15.0. The van der Waals surface area contributed by atoms with Crippen LogP contribution in [0.15, 0.2) is 30.3 Å². The molecule has 2 aromatic carbocycles. The number of rotatable bonds is 7. The summed E-state index contributed by atoms with van der Waals surface area (Å²) >= 11 is 12.3. The van der Waals surface area contributed by atoms with Crippen LogP contribution in [0.1, 0.15) is 60.4 Å². The molecule has 182 valence electrons. The van der Waals surface area contributed by atoms with Gasteiger partial charge in [0, 0.05) is 28.3 Å². The normalized spacial score (nSPS) is 20.8. The zero-order valence-corrected chi connectivity index (χ0v) is 20.7. The van der Waals surface area contributed by atoms with E-state index < -0.39 is 27.0 Å². The number of nitrogens with one attached hydrogen (secondary N) is 1. The van der Waals surface area contributed by atoms with Gasteiger partial charge in [-0.25, -0.2) is 17.5 Å². The minimum atomic E-state index is -3.76. The zero-order chi connectivity index (χ0) is 24.0. The van der Waals surface area contributed by atoms with Crippen LogP contribution in [0.3, 0.4) is 0 Å². The van der Waals surface area contributed by atoms with Gasteiger partial charge in [0.1, 0.15) is 17.7 Å².